The summed E-state index contributed by atoms with van der Waals surface area (Å²) in [7, 11) is 7.89. The molecule has 0 atom stereocenters. The quantitative estimate of drug-likeness (QED) is 0.338. The number of benzene rings is 2. The van der Waals surface area contributed by atoms with Gasteiger partial charge < -0.3 is 21.3 Å². The zero-order valence-corrected chi connectivity index (χ0v) is 23.6. The fraction of sp³-hybridized carbons (Fsp3) is 0.300. The van der Waals surface area contributed by atoms with Gasteiger partial charge in [-0.25, -0.2) is 15.0 Å². The van der Waals surface area contributed by atoms with Crippen molar-refractivity contribution >= 4 is 34.8 Å². The van der Waals surface area contributed by atoms with E-state index in [1.165, 1.54) is 5.56 Å². The summed E-state index contributed by atoms with van der Waals surface area (Å²) in [5.41, 5.74) is 15.9. The molecule has 7 heteroatoms. The summed E-state index contributed by atoms with van der Waals surface area (Å²) >= 11 is 0. The molecule has 0 radical (unpaired) electrons. The molecule has 0 amide bonds. The fourth-order valence-corrected chi connectivity index (χ4v) is 3.67. The maximum absolute atomic E-state index is 6.00. The molecule has 0 fully saturated rings. The van der Waals surface area contributed by atoms with Crippen molar-refractivity contribution in [2.24, 2.45) is 4.99 Å². The van der Waals surface area contributed by atoms with Crippen LogP contribution in [-0.2, 0) is 0 Å². The number of aryl methyl sites for hydroxylation is 1. The molecule has 2 aromatic carbocycles. The molecule has 2 heterocycles. The first-order chi connectivity index (χ1) is 17.9. The molecule has 0 spiro atoms. The minimum atomic E-state index is 0.241. The molecule has 4 N–H and O–H groups in total. The lowest BCUT2D eigenvalue weighted by atomic mass is 10.1. The maximum atomic E-state index is 6.00. The number of nitrogens with zero attached hydrogens (tertiary/aromatic N) is 4. The van der Waals surface area contributed by atoms with E-state index in [0.717, 1.165) is 51.0 Å². The highest BCUT2D eigenvalue weighted by atomic mass is 15.1. The Morgan fingerprint density at radius 2 is 1.49 bits per heavy atom. The summed E-state index contributed by atoms with van der Waals surface area (Å²) in [6, 6.07) is 14.4. The normalized spacial score (nSPS) is 12.7. The summed E-state index contributed by atoms with van der Waals surface area (Å²) in [6.07, 6.45) is 5.84. The van der Waals surface area contributed by atoms with Crippen LogP contribution < -0.4 is 21.3 Å². The van der Waals surface area contributed by atoms with E-state index in [4.69, 9.17) is 5.73 Å². The molecule has 4 rings (SSSR count). The van der Waals surface area contributed by atoms with Gasteiger partial charge in [0.15, 0.2) is 0 Å². The van der Waals surface area contributed by atoms with Gasteiger partial charge in [0.05, 0.1) is 22.8 Å². The Bertz CT molecular complexity index is 1290. The van der Waals surface area contributed by atoms with Crippen LogP contribution in [0.3, 0.4) is 0 Å². The van der Waals surface area contributed by atoms with Gasteiger partial charge in [0.2, 0.25) is 5.95 Å². The van der Waals surface area contributed by atoms with Crippen LogP contribution in [0.2, 0.25) is 0 Å². The lowest BCUT2D eigenvalue weighted by Crippen LogP contribution is -2.09. The first kappa shape index (κ1) is 29.1. The molecule has 0 saturated carbocycles. The zero-order chi connectivity index (χ0) is 27.5. The largest absolute Gasteiger partial charge is 0.388 e. The van der Waals surface area contributed by atoms with Gasteiger partial charge in [0.25, 0.3) is 0 Å². The van der Waals surface area contributed by atoms with Crippen molar-refractivity contribution in [2.45, 2.75) is 34.6 Å². The topological polar surface area (TPSA) is 91.5 Å². The van der Waals surface area contributed by atoms with Crippen LogP contribution in [0.4, 0.5) is 23.0 Å². The third-order valence-electron chi connectivity index (χ3n) is 5.47. The van der Waals surface area contributed by atoms with E-state index in [9.17, 15) is 0 Å². The molecule has 0 unspecified atom stereocenters. The van der Waals surface area contributed by atoms with E-state index >= 15 is 0 Å². The van der Waals surface area contributed by atoms with Gasteiger partial charge in [0, 0.05) is 56.4 Å². The average molecular weight is 500 g/mol. The molecule has 1 aromatic heterocycles. The number of rotatable bonds is 7. The number of hydrogen-bond acceptors (Lipinski definition) is 7. The molecular formula is C30H41N7. The third kappa shape index (κ3) is 7.43. The second-order valence-corrected chi connectivity index (χ2v) is 8.08. The average Bonchev–Trinajstić information content (AvgIpc) is 3.69. The Balaban J connectivity index is 0.00000115. The highest BCUT2D eigenvalue weighted by molar-refractivity contribution is 6.25. The van der Waals surface area contributed by atoms with Crippen molar-refractivity contribution in [1.29, 1.82) is 0 Å². The van der Waals surface area contributed by atoms with Crippen molar-refractivity contribution in [2.75, 3.05) is 49.5 Å². The van der Waals surface area contributed by atoms with E-state index in [0.29, 0.717) is 0 Å². The predicted octanol–water partition coefficient (Wildman–Crippen LogP) is 6.64. The number of nitrogens with two attached hydrogens (primary N) is 1. The molecule has 1 aliphatic heterocycles. The van der Waals surface area contributed by atoms with E-state index in [2.05, 4.69) is 67.7 Å². The Labute approximate surface area is 222 Å². The Kier molecular flexibility index (Phi) is 10.9. The zero-order valence-electron chi connectivity index (χ0n) is 23.6. The van der Waals surface area contributed by atoms with Crippen LogP contribution in [0.15, 0.2) is 65.3 Å². The van der Waals surface area contributed by atoms with Crippen molar-refractivity contribution in [3.8, 4) is 11.3 Å². The van der Waals surface area contributed by atoms with Gasteiger partial charge in [-0.3, -0.25) is 0 Å². The standard InChI is InChI=1S/C26H29N7.2C2H6/c1-16-9-11-19(22(13-16)28-2)24-14-17(30-26(27)32-24)7-6-8-21-25(31-21)20-12-10-18(33(4)5)15-23(20)29-3;2*1-2/h6-15,28-29H,1-5H3,(H2,27,30,32);2*1-2H3/b7-6-,21-8+;;. The molecule has 0 saturated heterocycles. The molecule has 1 aliphatic rings. The SMILES string of the molecule is CC.CC.CNc1cc(N(C)C)ccc1C1=NC/1=C/C=C\c1cc(-c2ccc(C)cc2NC)nc(N)n1. The minimum absolute atomic E-state index is 0.241. The molecular weight excluding hydrogens is 458 g/mol. The van der Waals surface area contributed by atoms with Crippen LogP contribution in [0, 0.1) is 6.92 Å². The van der Waals surface area contributed by atoms with Crippen molar-refractivity contribution in [3.63, 3.8) is 0 Å². The summed E-state index contributed by atoms with van der Waals surface area (Å²) in [5, 5.41) is 6.49. The van der Waals surface area contributed by atoms with E-state index in [1.54, 1.807) is 0 Å². The van der Waals surface area contributed by atoms with Crippen LogP contribution in [-0.4, -0.2) is 43.9 Å². The van der Waals surface area contributed by atoms with Gasteiger partial charge in [-0.2, -0.15) is 0 Å². The van der Waals surface area contributed by atoms with Crippen LogP contribution in [0.5, 0.6) is 0 Å². The highest BCUT2D eigenvalue weighted by Crippen LogP contribution is 2.32. The van der Waals surface area contributed by atoms with Gasteiger partial charge in [-0.1, -0.05) is 45.9 Å². The Hall–Kier alpha value is -4.13. The van der Waals surface area contributed by atoms with Crippen LogP contribution >= 0.6 is 0 Å². The van der Waals surface area contributed by atoms with Crippen LogP contribution in [0.25, 0.3) is 17.3 Å². The van der Waals surface area contributed by atoms with Crippen molar-refractivity contribution in [1.82, 2.24) is 9.97 Å². The smallest absolute Gasteiger partial charge is 0.221 e. The van der Waals surface area contributed by atoms with Crippen molar-refractivity contribution in [3.05, 3.63) is 77.1 Å². The lowest BCUT2D eigenvalue weighted by Gasteiger charge is -2.15. The Morgan fingerprint density at radius 1 is 0.838 bits per heavy atom. The highest BCUT2D eigenvalue weighted by Gasteiger charge is 2.23. The van der Waals surface area contributed by atoms with Gasteiger partial charge in [0.1, 0.15) is 0 Å². The first-order valence-corrected chi connectivity index (χ1v) is 12.8. The maximum Gasteiger partial charge on any atom is 0.221 e. The molecule has 196 valence electrons. The van der Waals surface area contributed by atoms with Gasteiger partial charge in [-0.05, 0) is 55.0 Å². The number of hydrogen-bond donors (Lipinski definition) is 3. The number of aliphatic imine (C=N–C) groups is 1. The lowest BCUT2D eigenvalue weighted by molar-refractivity contribution is 1.13. The van der Waals surface area contributed by atoms with Gasteiger partial charge >= 0.3 is 0 Å². The van der Waals surface area contributed by atoms with E-state index in [1.807, 2.05) is 86.2 Å². The molecule has 3 aromatic rings. The second-order valence-electron chi connectivity index (χ2n) is 8.08. The summed E-state index contributed by atoms with van der Waals surface area (Å²) in [5.74, 6) is 0.241. The van der Waals surface area contributed by atoms with E-state index < -0.39 is 0 Å². The van der Waals surface area contributed by atoms with E-state index in [-0.39, 0.29) is 5.95 Å². The van der Waals surface area contributed by atoms with Crippen LogP contribution in [0.1, 0.15) is 44.5 Å². The minimum Gasteiger partial charge on any atom is -0.388 e. The Morgan fingerprint density at radius 3 is 2.14 bits per heavy atom. The number of allylic oxidation sites excluding steroid dienone is 3. The number of anilines is 4. The van der Waals surface area contributed by atoms with Gasteiger partial charge in [-0.15, -0.1) is 0 Å². The number of nitrogens with one attached hydrogen (secondary N) is 2. The summed E-state index contributed by atoms with van der Waals surface area (Å²) in [4.78, 5) is 15.4. The number of nitrogen functional groups attached to an aromatic ring is 1. The number of aromatic nitrogens is 2. The second kappa shape index (κ2) is 13.8. The molecule has 7 nitrogen and oxygen atoms in total. The third-order valence-corrected chi connectivity index (χ3v) is 5.47. The summed E-state index contributed by atoms with van der Waals surface area (Å²) < 4.78 is 0. The fourth-order valence-electron chi connectivity index (χ4n) is 3.67. The first-order valence-electron chi connectivity index (χ1n) is 12.8. The molecule has 0 aliphatic carbocycles. The predicted molar refractivity (Wildman–Crippen MR) is 163 cm³/mol. The van der Waals surface area contributed by atoms with Crippen molar-refractivity contribution < 1.29 is 0 Å². The molecule has 0 bridgehead atoms. The monoisotopic (exact) mass is 499 g/mol. The summed E-state index contributed by atoms with van der Waals surface area (Å²) in [6.45, 7) is 10.1. The molecule has 37 heavy (non-hydrogen) atoms.